The fourth-order valence-electron chi connectivity index (χ4n) is 5.56. The van der Waals surface area contributed by atoms with Crippen LogP contribution in [0.15, 0.2) is 146 Å². The van der Waals surface area contributed by atoms with Crippen LogP contribution < -0.4 is 0 Å². The predicted molar refractivity (Wildman–Crippen MR) is 158 cm³/mol. The Labute approximate surface area is 210 Å². The van der Waals surface area contributed by atoms with Gasteiger partial charge in [0.25, 0.3) is 0 Å². The van der Waals surface area contributed by atoms with Crippen LogP contribution in [0.25, 0.3) is 64.6 Å². The molecule has 0 atom stereocenters. The summed E-state index contributed by atoms with van der Waals surface area (Å²) in [6.07, 6.45) is 0. The average molecular weight is 457 g/mol. The van der Waals surface area contributed by atoms with Crippen molar-refractivity contribution in [3.8, 4) is 0 Å². The third-order valence-corrected chi connectivity index (χ3v) is 7.25. The fraction of sp³-hybridized carbons (Fsp3) is 0. The molecule has 0 aliphatic carbocycles. The molecule has 8 aromatic rings. The number of hydrogen-bond donors (Lipinski definition) is 0. The third-order valence-electron chi connectivity index (χ3n) is 7.25. The van der Waals surface area contributed by atoms with Gasteiger partial charge in [-0.1, -0.05) is 133 Å². The molecule has 0 aromatic heterocycles. The van der Waals surface area contributed by atoms with Crippen LogP contribution in [0.2, 0.25) is 0 Å². The van der Waals surface area contributed by atoms with E-state index in [1.165, 1.54) is 64.6 Å². The highest BCUT2D eigenvalue weighted by Crippen LogP contribution is 2.38. The third kappa shape index (κ3) is 3.39. The van der Waals surface area contributed by atoms with Gasteiger partial charge >= 0.3 is 0 Å². The van der Waals surface area contributed by atoms with Crippen molar-refractivity contribution in [1.82, 2.24) is 0 Å². The van der Waals surface area contributed by atoms with E-state index in [2.05, 4.69) is 146 Å². The van der Waals surface area contributed by atoms with E-state index in [4.69, 9.17) is 0 Å². The lowest BCUT2D eigenvalue weighted by Crippen LogP contribution is -1.84. The summed E-state index contributed by atoms with van der Waals surface area (Å²) in [7, 11) is 0. The van der Waals surface area contributed by atoms with E-state index < -0.39 is 0 Å². The van der Waals surface area contributed by atoms with Gasteiger partial charge in [0.1, 0.15) is 0 Å². The Kier molecular flexibility index (Phi) is 4.89. The van der Waals surface area contributed by atoms with Gasteiger partial charge in [0.05, 0.1) is 0 Å². The first-order valence-electron chi connectivity index (χ1n) is 12.5. The van der Waals surface area contributed by atoms with Crippen molar-refractivity contribution in [2.24, 2.45) is 0 Å². The SMILES string of the molecule is c1ccc2c(c1)ccc1c3ccccc3c3ccccc3c21.c1ccc2cc3ccccc3cc2c1. The topological polar surface area (TPSA) is 0 Å². The van der Waals surface area contributed by atoms with E-state index in [0.717, 1.165) is 0 Å². The zero-order valence-electron chi connectivity index (χ0n) is 19.9. The summed E-state index contributed by atoms with van der Waals surface area (Å²) in [5.74, 6) is 0. The molecule has 168 valence electrons. The molecule has 8 rings (SSSR count). The van der Waals surface area contributed by atoms with Gasteiger partial charge in [0.15, 0.2) is 0 Å². The Morgan fingerprint density at radius 2 is 0.556 bits per heavy atom. The van der Waals surface area contributed by atoms with Crippen LogP contribution in [0.1, 0.15) is 0 Å². The minimum atomic E-state index is 1.30. The molecule has 0 aliphatic heterocycles. The summed E-state index contributed by atoms with van der Waals surface area (Å²) in [6.45, 7) is 0. The van der Waals surface area contributed by atoms with E-state index in [1.807, 2.05) is 0 Å². The summed E-state index contributed by atoms with van der Waals surface area (Å²) in [5, 5.41) is 15.9. The quantitative estimate of drug-likeness (QED) is 0.157. The first kappa shape index (κ1) is 20.7. The molecular weight excluding hydrogens is 432 g/mol. The maximum absolute atomic E-state index is 2.27. The molecule has 0 heteroatoms. The van der Waals surface area contributed by atoms with Gasteiger partial charge < -0.3 is 0 Å². The Morgan fingerprint density at radius 3 is 1.06 bits per heavy atom. The Balaban J connectivity index is 0.000000136. The summed E-state index contributed by atoms with van der Waals surface area (Å²) in [5.41, 5.74) is 0. The number of rotatable bonds is 0. The van der Waals surface area contributed by atoms with Gasteiger partial charge in [-0.2, -0.15) is 0 Å². The van der Waals surface area contributed by atoms with Crippen molar-refractivity contribution >= 4 is 64.6 Å². The van der Waals surface area contributed by atoms with Crippen LogP contribution >= 0.6 is 0 Å². The highest BCUT2D eigenvalue weighted by Gasteiger charge is 2.10. The van der Waals surface area contributed by atoms with E-state index in [1.54, 1.807) is 0 Å². The van der Waals surface area contributed by atoms with Crippen LogP contribution in [0.4, 0.5) is 0 Å². The standard InChI is InChI=1S/C22H14.C14H10/c1-2-8-16-15(7-1)13-14-21-19-11-4-3-9-17(19)18-10-5-6-12-20(18)22(16)21;1-2-6-12-10-14-8-4-3-7-13(14)9-11(12)5-1/h1-14H;1-10H. The average Bonchev–Trinajstić information content (AvgIpc) is 2.96. The molecule has 0 unspecified atom stereocenters. The van der Waals surface area contributed by atoms with Gasteiger partial charge in [-0.15, -0.1) is 0 Å². The van der Waals surface area contributed by atoms with E-state index in [-0.39, 0.29) is 0 Å². The second kappa shape index (κ2) is 8.52. The van der Waals surface area contributed by atoms with Crippen LogP contribution in [-0.2, 0) is 0 Å². The molecule has 0 radical (unpaired) electrons. The summed E-state index contributed by atoms with van der Waals surface area (Å²) in [4.78, 5) is 0. The number of fused-ring (bicyclic) bond motifs is 10. The van der Waals surface area contributed by atoms with Gasteiger partial charge in [0, 0.05) is 0 Å². The molecule has 0 aliphatic rings. The largest absolute Gasteiger partial charge is 0.0616 e. The normalized spacial score (nSPS) is 11.3. The summed E-state index contributed by atoms with van der Waals surface area (Å²) < 4.78 is 0. The van der Waals surface area contributed by atoms with Crippen LogP contribution in [0.5, 0.6) is 0 Å². The molecule has 0 saturated heterocycles. The maximum atomic E-state index is 2.27. The van der Waals surface area contributed by atoms with Gasteiger partial charge in [-0.25, -0.2) is 0 Å². The monoisotopic (exact) mass is 456 g/mol. The zero-order chi connectivity index (χ0) is 23.9. The molecule has 0 bridgehead atoms. The number of hydrogen-bond acceptors (Lipinski definition) is 0. The van der Waals surface area contributed by atoms with Gasteiger partial charge in [0.2, 0.25) is 0 Å². The molecule has 0 amide bonds. The zero-order valence-corrected chi connectivity index (χ0v) is 19.9. The molecule has 0 N–H and O–H groups in total. The minimum absolute atomic E-state index is 1.30. The van der Waals surface area contributed by atoms with Crippen molar-refractivity contribution in [2.45, 2.75) is 0 Å². The Hall–Kier alpha value is -4.68. The van der Waals surface area contributed by atoms with E-state index in [9.17, 15) is 0 Å². The summed E-state index contributed by atoms with van der Waals surface area (Å²) in [6, 6.07) is 52.1. The van der Waals surface area contributed by atoms with Crippen molar-refractivity contribution in [3.63, 3.8) is 0 Å². The molecule has 0 heterocycles. The molecule has 36 heavy (non-hydrogen) atoms. The molecule has 0 fully saturated rings. The van der Waals surface area contributed by atoms with E-state index >= 15 is 0 Å². The molecular formula is C36H24. The van der Waals surface area contributed by atoms with Crippen molar-refractivity contribution in [1.29, 1.82) is 0 Å². The smallest absolute Gasteiger partial charge is 0.00204 e. The minimum Gasteiger partial charge on any atom is -0.0616 e. The highest BCUT2D eigenvalue weighted by atomic mass is 14.1. The molecule has 8 aromatic carbocycles. The van der Waals surface area contributed by atoms with Gasteiger partial charge in [-0.3, -0.25) is 0 Å². The van der Waals surface area contributed by atoms with Crippen LogP contribution in [0.3, 0.4) is 0 Å². The first-order chi connectivity index (χ1) is 17.9. The van der Waals surface area contributed by atoms with Crippen LogP contribution in [0, 0.1) is 0 Å². The molecule has 0 nitrogen and oxygen atoms in total. The van der Waals surface area contributed by atoms with Crippen LogP contribution in [-0.4, -0.2) is 0 Å². The lowest BCUT2D eigenvalue weighted by molar-refractivity contribution is 1.76. The van der Waals surface area contributed by atoms with E-state index in [0.29, 0.717) is 0 Å². The number of benzene rings is 8. The van der Waals surface area contributed by atoms with Gasteiger partial charge in [-0.05, 0) is 76.8 Å². The maximum Gasteiger partial charge on any atom is -0.00204 e. The second-order valence-electron chi connectivity index (χ2n) is 9.35. The van der Waals surface area contributed by atoms with Crippen molar-refractivity contribution < 1.29 is 0 Å². The fourth-order valence-corrected chi connectivity index (χ4v) is 5.56. The Bertz CT molecular complexity index is 1900. The lowest BCUT2D eigenvalue weighted by Gasteiger charge is -2.12. The molecule has 0 saturated carbocycles. The highest BCUT2D eigenvalue weighted by molar-refractivity contribution is 6.31. The molecule has 0 spiro atoms. The van der Waals surface area contributed by atoms with Crippen molar-refractivity contribution in [2.75, 3.05) is 0 Å². The second-order valence-corrected chi connectivity index (χ2v) is 9.35. The Morgan fingerprint density at radius 1 is 0.222 bits per heavy atom. The lowest BCUT2D eigenvalue weighted by atomic mass is 9.91. The van der Waals surface area contributed by atoms with Crippen molar-refractivity contribution in [3.05, 3.63) is 146 Å². The first-order valence-corrected chi connectivity index (χ1v) is 12.5. The summed E-state index contributed by atoms with van der Waals surface area (Å²) >= 11 is 0. The predicted octanol–water partition coefficient (Wildman–Crippen LogP) is 10.3.